The second kappa shape index (κ2) is 6.99. The predicted molar refractivity (Wildman–Crippen MR) is 88.2 cm³/mol. The van der Waals surface area contributed by atoms with Crippen molar-refractivity contribution in [2.75, 3.05) is 0 Å². The fraction of sp³-hybridized carbons (Fsp3) is 0.200. The number of nitrogens with zero attached hydrogens (tertiary/aromatic N) is 2. The summed E-state index contributed by atoms with van der Waals surface area (Å²) in [7, 11) is 0. The zero-order valence-electron chi connectivity index (χ0n) is 11.2. The van der Waals surface area contributed by atoms with Crippen molar-refractivity contribution in [3.63, 3.8) is 0 Å². The van der Waals surface area contributed by atoms with Gasteiger partial charge in [0.25, 0.3) is 0 Å². The quantitative estimate of drug-likeness (QED) is 0.548. The third-order valence-corrected chi connectivity index (χ3v) is 3.35. The summed E-state index contributed by atoms with van der Waals surface area (Å²) < 4.78 is 7.64. The summed E-state index contributed by atoms with van der Waals surface area (Å²) in [4.78, 5) is 0. The first-order valence-corrected chi connectivity index (χ1v) is 7.77. The molecule has 0 saturated carbocycles. The minimum atomic E-state index is 0.0935. The summed E-state index contributed by atoms with van der Waals surface area (Å²) in [6, 6.07) is 13.4. The lowest BCUT2D eigenvalue weighted by Gasteiger charge is -2.11. The lowest BCUT2D eigenvalue weighted by Crippen LogP contribution is -2.05. The van der Waals surface area contributed by atoms with Crippen LogP contribution in [0.3, 0.4) is 0 Å². The summed E-state index contributed by atoms with van der Waals surface area (Å²) >= 11 is 6.85. The molecule has 0 unspecified atom stereocenters. The molecule has 0 atom stereocenters. The maximum absolute atomic E-state index is 5.73. The highest BCUT2D eigenvalue weighted by Gasteiger charge is 2.06. The van der Waals surface area contributed by atoms with E-state index in [4.69, 9.17) is 4.74 Å². The summed E-state index contributed by atoms with van der Waals surface area (Å²) in [6.45, 7) is 3.97. The molecule has 2 rings (SSSR count). The first-order chi connectivity index (χ1) is 9.54. The van der Waals surface area contributed by atoms with Gasteiger partial charge in [-0.3, -0.25) is 0 Å². The highest BCUT2D eigenvalue weighted by molar-refractivity contribution is 9.10. The molecule has 0 aromatic heterocycles. The molecule has 3 nitrogen and oxygen atoms in total. The van der Waals surface area contributed by atoms with E-state index in [1.165, 1.54) is 0 Å². The van der Waals surface area contributed by atoms with Gasteiger partial charge in [-0.05, 0) is 50.2 Å². The maximum Gasteiger partial charge on any atom is 0.147 e. The van der Waals surface area contributed by atoms with E-state index in [2.05, 4.69) is 42.1 Å². The van der Waals surface area contributed by atoms with Crippen molar-refractivity contribution in [3.8, 4) is 5.75 Å². The van der Waals surface area contributed by atoms with Crippen molar-refractivity contribution in [1.29, 1.82) is 0 Å². The van der Waals surface area contributed by atoms with Crippen LogP contribution in [0.4, 0.5) is 11.4 Å². The smallest absolute Gasteiger partial charge is 0.147 e. The van der Waals surface area contributed by atoms with Crippen LogP contribution in [0.2, 0.25) is 0 Å². The van der Waals surface area contributed by atoms with Crippen LogP contribution in [0.25, 0.3) is 0 Å². The molecule has 0 aliphatic carbocycles. The molecular formula is C15H14Br2N2O. The van der Waals surface area contributed by atoms with E-state index in [-0.39, 0.29) is 6.10 Å². The fourth-order valence-electron chi connectivity index (χ4n) is 1.57. The van der Waals surface area contributed by atoms with Gasteiger partial charge >= 0.3 is 0 Å². The molecule has 0 amide bonds. The molecule has 0 saturated heterocycles. The van der Waals surface area contributed by atoms with E-state index in [1.54, 1.807) is 0 Å². The van der Waals surface area contributed by atoms with Gasteiger partial charge in [-0.25, -0.2) is 0 Å². The van der Waals surface area contributed by atoms with Crippen LogP contribution in [0.15, 0.2) is 61.6 Å². The van der Waals surface area contributed by atoms with Crippen LogP contribution in [-0.4, -0.2) is 6.10 Å². The third-order valence-electron chi connectivity index (χ3n) is 2.37. The van der Waals surface area contributed by atoms with Gasteiger partial charge in [0.2, 0.25) is 0 Å². The average molecular weight is 398 g/mol. The topological polar surface area (TPSA) is 34.0 Å². The number of benzene rings is 2. The molecule has 0 heterocycles. The molecule has 0 radical (unpaired) electrons. The second-order valence-corrected chi connectivity index (χ2v) is 6.29. The van der Waals surface area contributed by atoms with Crippen molar-refractivity contribution >= 4 is 43.2 Å². The van der Waals surface area contributed by atoms with Crippen molar-refractivity contribution in [1.82, 2.24) is 0 Å². The Bertz CT molecular complexity index is 627. The van der Waals surface area contributed by atoms with E-state index < -0.39 is 0 Å². The van der Waals surface area contributed by atoms with Gasteiger partial charge in [0.1, 0.15) is 11.4 Å². The van der Waals surface area contributed by atoms with Crippen LogP contribution >= 0.6 is 31.9 Å². The Labute approximate surface area is 135 Å². The lowest BCUT2D eigenvalue weighted by molar-refractivity contribution is 0.243. The second-order valence-electron chi connectivity index (χ2n) is 4.46. The van der Waals surface area contributed by atoms with Gasteiger partial charge in [-0.2, -0.15) is 5.11 Å². The Morgan fingerprint density at radius 3 is 2.40 bits per heavy atom. The summed E-state index contributed by atoms with van der Waals surface area (Å²) in [6.07, 6.45) is 0.0935. The van der Waals surface area contributed by atoms with Crippen LogP contribution < -0.4 is 4.74 Å². The first kappa shape index (κ1) is 15.2. The molecule has 0 aliphatic heterocycles. The van der Waals surface area contributed by atoms with Crippen LogP contribution in [0.1, 0.15) is 13.8 Å². The first-order valence-electron chi connectivity index (χ1n) is 6.18. The molecule has 0 spiro atoms. The number of hydrogen-bond donors (Lipinski definition) is 0. The number of azo groups is 1. The van der Waals surface area contributed by atoms with Crippen LogP contribution in [-0.2, 0) is 0 Å². The van der Waals surface area contributed by atoms with Gasteiger partial charge in [0.15, 0.2) is 0 Å². The summed E-state index contributed by atoms with van der Waals surface area (Å²) in [5.41, 5.74) is 1.49. The number of rotatable bonds is 4. The predicted octanol–water partition coefficient (Wildman–Crippen LogP) is 6.41. The molecule has 5 heteroatoms. The molecule has 0 N–H and O–H groups in total. The lowest BCUT2D eigenvalue weighted by atomic mass is 10.3. The molecule has 0 bridgehead atoms. The van der Waals surface area contributed by atoms with E-state index in [0.29, 0.717) is 5.69 Å². The van der Waals surface area contributed by atoms with Gasteiger partial charge in [-0.1, -0.05) is 37.9 Å². The number of hydrogen-bond acceptors (Lipinski definition) is 3. The Hall–Kier alpha value is -1.20. The minimum absolute atomic E-state index is 0.0935. The maximum atomic E-state index is 5.73. The number of halogens is 2. The monoisotopic (exact) mass is 396 g/mol. The minimum Gasteiger partial charge on any atom is -0.489 e. The van der Waals surface area contributed by atoms with E-state index in [9.17, 15) is 0 Å². The zero-order chi connectivity index (χ0) is 14.5. The Kier molecular flexibility index (Phi) is 5.31. The van der Waals surface area contributed by atoms with E-state index >= 15 is 0 Å². The fourth-order valence-corrected chi connectivity index (χ4v) is 2.31. The molecule has 2 aromatic rings. The highest BCUT2D eigenvalue weighted by atomic mass is 79.9. The standard InChI is InChI=1S/C15H14Br2N2O/c1-10(2)20-15-7-6-12(17)9-14(15)19-18-13-5-3-4-11(16)8-13/h3-10H,1-2H3. The molecule has 20 heavy (non-hydrogen) atoms. The molecule has 2 aromatic carbocycles. The van der Waals surface area contributed by atoms with Crippen molar-refractivity contribution < 1.29 is 4.74 Å². The molecule has 0 fully saturated rings. The summed E-state index contributed by atoms with van der Waals surface area (Å²) in [5.74, 6) is 0.724. The highest BCUT2D eigenvalue weighted by Crippen LogP contribution is 2.33. The van der Waals surface area contributed by atoms with Crippen molar-refractivity contribution in [3.05, 3.63) is 51.4 Å². The Balaban J connectivity index is 2.29. The normalized spacial score (nSPS) is 11.2. The third kappa shape index (κ3) is 4.42. The molecular weight excluding hydrogens is 384 g/mol. The van der Waals surface area contributed by atoms with Gasteiger partial charge in [0.05, 0.1) is 11.8 Å². The van der Waals surface area contributed by atoms with Gasteiger partial charge in [0, 0.05) is 8.95 Å². The Morgan fingerprint density at radius 1 is 0.950 bits per heavy atom. The van der Waals surface area contributed by atoms with Crippen LogP contribution in [0, 0.1) is 0 Å². The zero-order valence-corrected chi connectivity index (χ0v) is 14.3. The van der Waals surface area contributed by atoms with Gasteiger partial charge < -0.3 is 4.74 Å². The van der Waals surface area contributed by atoms with Crippen molar-refractivity contribution in [2.24, 2.45) is 10.2 Å². The van der Waals surface area contributed by atoms with Crippen LogP contribution in [0.5, 0.6) is 5.75 Å². The SMILES string of the molecule is CC(C)Oc1ccc(Br)cc1N=Nc1cccc(Br)c1. The average Bonchev–Trinajstić information content (AvgIpc) is 2.39. The molecule has 0 aliphatic rings. The summed E-state index contributed by atoms with van der Waals surface area (Å²) in [5, 5.41) is 8.52. The largest absolute Gasteiger partial charge is 0.489 e. The van der Waals surface area contributed by atoms with E-state index in [0.717, 1.165) is 20.4 Å². The van der Waals surface area contributed by atoms with Crippen molar-refractivity contribution in [2.45, 2.75) is 20.0 Å². The number of ether oxygens (including phenoxy) is 1. The van der Waals surface area contributed by atoms with E-state index in [1.807, 2.05) is 56.3 Å². The van der Waals surface area contributed by atoms with Gasteiger partial charge in [-0.15, -0.1) is 5.11 Å². The Morgan fingerprint density at radius 2 is 1.70 bits per heavy atom. The molecule has 104 valence electrons.